The third-order valence-electron chi connectivity index (χ3n) is 4.67. The van der Waals surface area contributed by atoms with E-state index in [0.717, 1.165) is 33.4 Å². The largest absolute Gasteiger partial charge is 0.354 e. The molecule has 3 aromatic heterocycles. The first-order chi connectivity index (χ1) is 11.4. The summed E-state index contributed by atoms with van der Waals surface area (Å²) in [6.45, 7) is 0. The first-order valence-electron chi connectivity index (χ1n) is 7.68. The lowest BCUT2D eigenvalue weighted by atomic mass is 10.1. The second kappa shape index (κ2) is 3.73. The number of nitrogens with one attached hydrogen (secondary N) is 2. The summed E-state index contributed by atoms with van der Waals surface area (Å²) in [6, 6.07) is 21.1. The van der Waals surface area contributed by atoms with Crippen LogP contribution in [0.3, 0.4) is 0 Å². The zero-order valence-electron chi connectivity index (χ0n) is 12.2. The lowest BCUT2D eigenvalue weighted by Crippen LogP contribution is -1.80. The van der Waals surface area contributed by atoms with Crippen molar-refractivity contribution in [2.45, 2.75) is 0 Å². The summed E-state index contributed by atoms with van der Waals surface area (Å²) in [5.74, 6) is 0.887. The minimum atomic E-state index is 0.887. The molecule has 0 amide bonds. The Balaban J connectivity index is 1.88. The van der Waals surface area contributed by atoms with Gasteiger partial charge in [0.25, 0.3) is 0 Å². The number of imidazole rings is 2. The van der Waals surface area contributed by atoms with Crippen molar-refractivity contribution in [2.24, 2.45) is 0 Å². The molecule has 4 heteroatoms. The molecule has 0 bridgehead atoms. The minimum absolute atomic E-state index is 0.887. The highest BCUT2D eigenvalue weighted by molar-refractivity contribution is 6.11. The van der Waals surface area contributed by atoms with E-state index < -0.39 is 0 Å². The highest BCUT2D eigenvalue weighted by Gasteiger charge is 2.12. The lowest BCUT2D eigenvalue weighted by Gasteiger charge is -1.96. The van der Waals surface area contributed by atoms with E-state index in [4.69, 9.17) is 0 Å². The van der Waals surface area contributed by atoms with E-state index in [9.17, 15) is 0 Å². The predicted molar refractivity (Wildman–Crippen MR) is 93.9 cm³/mol. The molecular formula is C19H12N4. The van der Waals surface area contributed by atoms with E-state index in [-0.39, 0.29) is 0 Å². The summed E-state index contributed by atoms with van der Waals surface area (Å²) in [6.07, 6.45) is 0. The Labute approximate surface area is 130 Å². The maximum atomic E-state index is 4.69. The van der Waals surface area contributed by atoms with Crippen LogP contribution in [0.4, 0.5) is 0 Å². The van der Waals surface area contributed by atoms with Crippen LogP contribution < -0.4 is 0 Å². The quantitative estimate of drug-likeness (QED) is 0.423. The molecule has 0 fully saturated rings. The Kier molecular flexibility index (Phi) is 1.84. The number of benzene rings is 3. The maximum absolute atomic E-state index is 4.69. The molecule has 0 radical (unpaired) electrons. The fraction of sp³-hybridized carbons (Fsp3) is 0. The smallest absolute Gasteiger partial charge is 0.213 e. The summed E-state index contributed by atoms with van der Waals surface area (Å²) in [4.78, 5) is 11.6. The fourth-order valence-corrected chi connectivity index (χ4v) is 3.65. The second-order valence-corrected chi connectivity index (χ2v) is 5.97. The Morgan fingerprint density at radius 1 is 0.696 bits per heavy atom. The Morgan fingerprint density at radius 2 is 1.57 bits per heavy atom. The van der Waals surface area contributed by atoms with Gasteiger partial charge in [0.05, 0.1) is 22.1 Å². The van der Waals surface area contributed by atoms with Crippen LogP contribution in [0.1, 0.15) is 0 Å². The highest BCUT2D eigenvalue weighted by Crippen LogP contribution is 2.31. The van der Waals surface area contributed by atoms with E-state index in [2.05, 4.69) is 67.9 Å². The Hall–Kier alpha value is -3.27. The lowest BCUT2D eigenvalue weighted by molar-refractivity contribution is 1.28. The van der Waals surface area contributed by atoms with Gasteiger partial charge in [-0.3, -0.25) is 4.40 Å². The third kappa shape index (κ3) is 1.33. The monoisotopic (exact) mass is 296 g/mol. The summed E-state index contributed by atoms with van der Waals surface area (Å²) in [5.41, 5.74) is 6.71. The van der Waals surface area contributed by atoms with E-state index >= 15 is 0 Å². The normalized spacial score (nSPS) is 12.3. The molecular weight excluding hydrogens is 284 g/mol. The van der Waals surface area contributed by atoms with Gasteiger partial charge in [0.1, 0.15) is 0 Å². The Morgan fingerprint density at radius 3 is 2.57 bits per heavy atom. The number of para-hydroxylation sites is 3. The van der Waals surface area contributed by atoms with Gasteiger partial charge in [-0.15, -0.1) is 0 Å². The number of H-pyrrole nitrogens is 2. The third-order valence-corrected chi connectivity index (χ3v) is 4.67. The van der Waals surface area contributed by atoms with E-state index in [1.807, 2.05) is 12.1 Å². The molecule has 4 nitrogen and oxygen atoms in total. The van der Waals surface area contributed by atoms with Crippen LogP contribution in [0.25, 0.3) is 49.7 Å². The molecule has 0 aliphatic rings. The van der Waals surface area contributed by atoms with Crippen molar-refractivity contribution in [1.29, 1.82) is 0 Å². The second-order valence-electron chi connectivity index (χ2n) is 5.97. The van der Waals surface area contributed by atoms with Crippen molar-refractivity contribution in [3.8, 4) is 0 Å². The zero-order valence-corrected chi connectivity index (χ0v) is 12.2. The fourth-order valence-electron chi connectivity index (χ4n) is 3.65. The average molecular weight is 296 g/mol. The van der Waals surface area contributed by atoms with Gasteiger partial charge in [0.2, 0.25) is 5.78 Å². The standard InChI is InChI=1S/C19H12N4/c1-2-6-13-11(5-1)12-9-18-16(10-15(12)20-13)22-19-21-14-7-3-4-8-17(14)23(18)19/h1-10,20H,(H,21,22). The number of hydrogen-bond acceptors (Lipinski definition) is 1. The molecule has 0 aliphatic heterocycles. The van der Waals surface area contributed by atoms with Gasteiger partial charge in [0.15, 0.2) is 0 Å². The van der Waals surface area contributed by atoms with Crippen molar-refractivity contribution in [2.75, 3.05) is 0 Å². The van der Waals surface area contributed by atoms with Gasteiger partial charge in [-0.2, -0.15) is 0 Å². The number of nitrogens with zero attached hydrogens (tertiary/aromatic N) is 2. The first-order valence-corrected chi connectivity index (χ1v) is 7.68. The van der Waals surface area contributed by atoms with Crippen LogP contribution in [0.5, 0.6) is 0 Å². The molecule has 0 spiro atoms. The van der Waals surface area contributed by atoms with Crippen molar-refractivity contribution >= 4 is 49.7 Å². The van der Waals surface area contributed by atoms with Crippen molar-refractivity contribution in [3.05, 3.63) is 60.7 Å². The molecule has 0 saturated carbocycles. The summed E-state index contributed by atoms with van der Waals surface area (Å²) in [7, 11) is 0. The molecule has 108 valence electrons. The van der Waals surface area contributed by atoms with E-state index in [0.29, 0.717) is 0 Å². The van der Waals surface area contributed by atoms with E-state index in [1.165, 1.54) is 16.3 Å². The van der Waals surface area contributed by atoms with Crippen LogP contribution in [-0.4, -0.2) is 19.4 Å². The molecule has 6 aromatic rings. The van der Waals surface area contributed by atoms with Crippen molar-refractivity contribution < 1.29 is 0 Å². The van der Waals surface area contributed by atoms with Gasteiger partial charge in [-0.25, -0.2) is 4.98 Å². The average Bonchev–Trinajstić information content (AvgIpc) is 3.21. The molecule has 0 aliphatic carbocycles. The summed E-state index contributed by atoms with van der Waals surface area (Å²) in [5, 5.41) is 2.50. The predicted octanol–water partition coefficient (Wildman–Crippen LogP) is 4.60. The molecule has 2 N–H and O–H groups in total. The molecule has 0 atom stereocenters. The topological polar surface area (TPSA) is 48.9 Å². The zero-order chi connectivity index (χ0) is 15.0. The van der Waals surface area contributed by atoms with Gasteiger partial charge in [-0.1, -0.05) is 30.3 Å². The molecule has 3 aromatic carbocycles. The number of fused-ring (bicyclic) bond motifs is 8. The van der Waals surface area contributed by atoms with Crippen LogP contribution in [0, 0.1) is 0 Å². The molecule has 0 saturated heterocycles. The van der Waals surface area contributed by atoms with Gasteiger partial charge < -0.3 is 9.97 Å². The molecule has 6 rings (SSSR count). The highest BCUT2D eigenvalue weighted by atomic mass is 15.1. The number of rotatable bonds is 0. The van der Waals surface area contributed by atoms with Crippen molar-refractivity contribution in [3.63, 3.8) is 0 Å². The minimum Gasteiger partial charge on any atom is -0.354 e. The summed E-state index contributed by atoms with van der Waals surface area (Å²) >= 11 is 0. The molecule has 23 heavy (non-hydrogen) atoms. The molecule has 3 heterocycles. The molecule has 0 unspecified atom stereocenters. The van der Waals surface area contributed by atoms with E-state index in [1.54, 1.807) is 0 Å². The van der Waals surface area contributed by atoms with Crippen LogP contribution in [0.2, 0.25) is 0 Å². The van der Waals surface area contributed by atoms with Crippen LogP contribution in [-0.2, 0) is 0 Å². The SMILES string of the molecule is c1ccc2c(c1)nc1[nH]c3cc4[nH]c5ccccc5c4cc3n12. The number of aromatic amines is 2. The van der Waals surface area contributed by atoms with Gasteiger partial charge >= 0.3 is 0 Å². The van der Waals surface area contributed by atoms with Gasteiger partial charge in [0, 0.05) is 21.8 Å². The van der Waals surface area contributed by atoms with Crippen LogP contribution >= 0.6 is 0 Å². The van der Waals surface area contributed by atoms with Crippen molar-refractivity contribution in [1.82, 2.24) is 19.4 Å². The number of hydrogen-bond donors (Lipinski definition) is 2. The van der Waals surface area contributed by atoms with Gasteiger partial charge in [-0.05, 0) is 30.3 Å². The summed E-state index contributed by atoms with van der Waals surface area (Å²) < 4.78 is 2.20. The maximum Gasteiger partial charge on any atom is 0.213 e. The first kappa shape index (κ1) is 11.3. The van der Waals surface area contributed by atoms with Crippen LogP contribution in [0.15, 0.2) is 60.7 Å². The Bertz CT molecular complexity index is 1350. The number of aromatic nitrogens is 4.